The fraction of sp³-hybridized carbons (Fsp3) is 0.462. The zero-order valence-electron chi connectivity index (χ0n) is 11.4. The Kier molecular flexibility index (Phi) is 6.22. The van der Waals surface area contributed by atoms with E-state index in [0.717, 1.165) is 0 Å². The normalized spacial score (nSPS) is 13.0. The van der Waals surface area contributed by atoms with Crippen LogP contribution in [0.25, 0.3) is 0 Å². The standard InChI is InChI=1S/C13H19O5P/c1-4-8-12(19(15,16-2)17-3)18-13(14)11-9-6-5-7-10-11/h5-7,9-10,12H,4,8H2,1-3H3/t12-/m1/s1. The van der Waals surface area contributed by atoms with Crippen LogP contribution in [0.1, 0.15) is 30.1 Å². The van der Waals surface area contributed by atoms with Crippen LogP contribution in [0.5, 0.6) is 0 Å². The van der Waals surface area contributed by atoms with Gasteiger partial charge in [0.1, 0.15) is 0 Å². The maximum Gasteiger partial charge on any atom is 0.370 e. The molecule has 19 heavy (non-hydrogen) atoms. The molecule has 0 aromatic heterocycles. The Morgan fingerprint density at radius 3 is 2.26 bits per heavy atom. The highest BCUT2D eigenvalue weighted by molar-refractivity contribution is 7.54. The van der Waals surface area contributed by atoms with Crippen molar-refractivity contribution in [3.05, 3.63) is 35.9 Å². The van der Waals surface area contributed by atoms with Crippen LogP contribution in [0.2, 0.25) is 0 Å². The molecule has 0 bridgehead atoms. The van der Waals surface area contributed by atoms with E-state index in [4.69, 9.17) is 13.8 Å². The summed E-state index contributed by atoms with van der Waals surface area (Å²) >= 11 is 0. The highest BCUT2D eigenvalue weighted by Crippen LogP contribution is 2.53. The van der Waals surface area contributed by atoms with Crippen molar-refractivity contribution >= 4 is 13.6 Å². The van der Waals surface area contributed by atoms with Crippen LogP contribution in [-0.2, 0) is 18.3 Å². The smallest absolute Gasteiger partial charge is 0.370 e. The summed E-state index contributed by atoms with van der Waals surface area (Å²) in [7, 11) is -0.863. The van der Waals surface area contributed by atoms with Gasteiger partial charge < -0.3 is 13.8 Å². The predicted molar refractivity (Wildman–Crippen MR) is 72.2 cm³/mol. The van der Waals surface area contributed by atoms with E-state index in [1.807, 2.05) is 6.92 Å². The molecule has 0 aliphatic heterocycles. The zero-order valence-corrected chi connectivity index (χ0v) is 12.3. The second-order valence-electron chi connectivity index (χ2n) is 3.92. The Bertz CT molecular complexity index is 438. The van der Waals surface area contributed by atoms with E-state index in [1.165, 1.54) is 14.2 Å². The number of benzene rings is 1. The number of rotatable bonds is 7. The van der Waals surface area contributed by atoms with Crippen molar-refractivity contribution in [2.75, 3.05) is 14.2 Å². The Balaban J connectivity index is 2.85. The fourth-order valence-electron chi connectivity index (χ4n) is 1.60. The third-order valence-corrected chi connectivity index (χ3v) is 4.74. The molecule has 0 fully saturated rings. The van der Waals surface area contributed by atoms with Crippen molar-refractivity contribution < 1.29 is 23.1 Å². The second-order valence-corrected chi connectivity index (χ2v) is 6.31. The molecule has 0 spiro atoms. The summed E-state index contributed by atoms with van der Waals surface area (Å²) in [6, 6.07) is 8.54. The van der Waals surface area contributed by atoms with Gasteiger partial charge in [0.2, 0.25) is 5.85 Å². The number of carbonyl (C=O) groups is 1. The maximum absolute atomic E-state index is 12.3. The van der Waals surface area contributed by atoms with Gasteiger partial charge in [0.05, 0.1) is 5.56 Å². The minimum absolute atomic E-state index is 0.405. The lowest BCUT2D eigenvalue weighted by Gasteiger charge is -2.23. The highest BCUT2D eigenvalue weighted by Gasteiger charge is 2.36. The summed E-state index contributed by atoms with van der Waals surface area (Å²) in [4.78, 5) is 12.0. The minimum Gasteiger partial charge on any atom is -0.446 e. The molecule has 0 saturated carbocycles. The number of hydrogen-bond donors (Lipinski definition) is 0. The predicted octanol–water partition coefficient (Wildman–Crippen LogP) is 3.46. The van der Waals surface area contributed by atoms with Crippen molar-refractivity contribution in [1.29, 1.82) is 0 Å². The van der Waals surface area contributed by atoms with Gasteiger partial charge in [-0.2, -0.15) is 0 Å². The number of hydrogen-bond acceptors (Lipinski definition) is 5. The summed E-state index contributed by atoms with van der Waals surface area (Å²) < 4.78 is 27.3. The van der Waals surface area contributed by atoms with Gasteiger partial charge in [0, 0.05) is 14.2 Å². The molecule has 0 saturated heterocycles. The number of ether oxygens (including phenoxy) is 1. The molecule has 0 N–H and O–H groups in total. The number of carbonyl (C=O) groups excluding carboxylic acids is 1. The van der Waals surface area contributed by atoms with Crippen LogP contribution < -0.4 is 0 Å². The first-order chi connectivity index (χ1) is 9.07. The topological polar surface area (TPSA) is 61.8 Å². The SMILES string of the molecule is CCC[C@H](OC(=O)c1ccccc1)P(=O)(OC)OC. The highest BCUT2D eigenvalue weighted by atomic mass is 31.2. The van der Waals surface area contributed by atoms with E-state index in [9.17, 15) is 9.36 Å². The summed E-state index contributed by atoms with van der Waals surface area (Å²) in [5, 5.41) is 0. The average Bonchev–Trinajstić information content (AvgIpc) is 2.46. The summed E-state index contributed by atoms with van der Waals surface area (Å²) in [5.74, 6) is -1.42. The van der Waals surface area contributed by atoms with Crippen molar-refractivity contribution in [3.63, 3.8) is 0 Å². The maximum atomic E-state index is 12.3. The molecule has 0 radical (unpaired) electrons. The fourth-order valence-corrected chi connectivity index (χ4v) is 3.02. The lowest BCUT2D eigenvalue weighted by Crippen LogP contribution is -2.20. The molecular weight excluding hydrogens is 267 g/mol. The van der Waals surface area contributed by atoms with E-state index < -0.39 is 19.4 Å². The number of esters is 1. The van der Waals surface area contributed by atoms with Gasteiger partial charge in [-0.05, 0) is 18.6 Å². The first-order valence-electron chi connectivity index (χ1n) is 6.04. The minimum atomic E-state index is -3.43. The molecule has 0 heterocycles. The molecule has 0 unspecified atom stereocenters. The quantitative estimate of drug-likeness (QED) is 0.567. The third kappa shape index (κ3) is 4.16. The van der Waals surface area contributed by atoms with E-state index >= 15 is 0 Å². The molecular formula is C13H19O5P. The third-order valence-electron chi connectivity index (χ3n) is 2.65. The molecule has 0 aliphatic carbocycles. The summed E-state index contributed by atoms with van der Waals surface area (Å²) in [6.45, 7) is 1.90. The Hall–Kier alpha value is -1.16. The van der Waals surface area contributed by atoms with Gasteiger partial charge in [0.15, 0.2) is 0 Å². The van der Waals surface area contributed by atoms with Gasteiger partial charge in [0.25, 0.3) is 0 Å². The van der Waals surface area contributed by atoms with Gasteiger partial charge >= 0.3 is 13.6 Å². The molecule has 6 heteroatoms. The van der Waals surface area contributed by atoms with E-state index in [-0.39, 0.29) is 0 Å². The molecule has 1 aromatic carbocycles. The van der Waals surface area contributed by atoms with E-state index in [2.05, 4.69) is 0 Å². The average molecular weight is 286 g/mol. The summed E-state index contributed by atoms with van der Waals surface area (Å²) in [5.41, 5.74) is 0.405. The van der Waals surface area contributed by atoms with Crippen molar-refractivity contribution in [1.82, 2.24) is 0 Å². The molecule has 0 amide bonds. The van der Waals surface area contributed by atoms with Crippen LogP contribution in [-0.4, -0.2) is 26.0 Å². The molecule has 1 atom stereocenters. The van der Waals surface area contributed by atoms with Gasteiger partial charge in [-0.3, -0.25) is 4.57 Å². The van der Waals surface area contributed by atoms with E-state index in [1.54, 1.807) is 30.3 Å². The van der Waals surface area contributed by atoms with E-state index in [0.29, 0.717) is 18.4 Å². The Labute approximate surface area is 113 Å². The second kappa shape index (κ2) is 7.43. The van der Waals surface area contributed by atoms with Crippen LogP contribution in [0.4, 0.5) is 0 Å². The van der Waals surface area contributed by atoms with Crippen LogP contribution in [0.15, 0.2) is 30.3 Å². The lowest BCUT2D eigenvalue weighted by molar-refractivity contribution is 0.0369. The molecule has 1 aromatic rings. The van der Waals surface area contributed by atoms with Crippen LogP contribution in [0.3, 0.4) is 0 Å². The largest absolute Gasteiger partial charge is 0.446 e. The zero-order chi connectivity index (χ0) is 14.3. The lowest BCUT2D eigenvalue weighted by atomic mass is 10.2. The van der Waals surface area contributed by atoms with Crippen molar-refractivity contribution in [2.45, 2.75) is 25.6 Å². The first-order valence-corrected chi connectivity index (χ1v) is 7.65. The van der Waals surface area contributed by atoms with Gasteiger partial charge in [-0.25, -0.2) is 4.79 Å². The first kappa shape index (κ1) is 15.9. The molecule has 1 rings (SSSR count). The van der Waals surface area contributed by atoms with Crippen LogP contribution >= 0.6 is 7.60 Å². The molecule has 0 aliphatic rings. The van der Waals surface area contributed by atoms with Crippen molar-refractivity contribution in [2.24, 2.45) is 0 Å². The Morgan fingerprint density at radius 2 is 1.79 bits per heavy atom. The van der Waals surface area contributed by atoms with Crippen LogP contribution in [0, 0.1) is 0 Å². The molecule has 5 nitrogen and oxygen atoms in total. The van der Waals surface area contributed by atoms with Gasteiger partial charge in [-0.15, -0.1) is 0 Å². The molecule has 106 valence electrons. The Morgan fingerprint density at radius 1 is 1.21 bits per heavy atom. The summed E-state index contributed by atoms with van der Waals surface area (Å²) in [6.07, 6.45) is 1.11. The van der Waals surface area contributed by atoms with Gasteiger partial charge in [-0.1, -0.05) is 31.5 Å². The van der Waals surface area contributed by atoms with Crippen molar-refractivity contribution in [3.8, 4) is 0 Å². The monoisotopic (exact) mass is 286 g/mol.